The maximum absolute atomic E-state index is 11.1. The summed E-state index contributed by atoms with van der Waals surface area (Å²) in [7, 11) is 0. The van der Waals surface area contributed by atoms with Gasteiger partial charge in [0.05, 0.1) is 27.4 Å². The van der Waals surface area contributed by atoms with Gasteiger partial charge in [-0.25, -0.2) is 10.2 Å². The van der Waals surface area contributed by atoms with E-state index < -0.39 is 6.09 Å². The number of nitrogens with zero attached hydrogens (tertiary/aromatic N) is 1. The lowest BCUT2D eigenvalue weighted by atomic mass is 10.1. The van der Waals surface area contributed by atoms with Crippen molar-refractivity contribution in [1.82, 2.24) is 5.43 Å². The molecule has 0 saturated carbocycles. The summed E-state index contributed by atoms with van der Waals surface area (Å²) in [4.78, 5) is 11.1. The molecule has 0 aliphatic rings. The highest BCUT2D eigenvalue weighted by atomic mass is 35.5. The quantitative estimate of drug-likeness (QED) is 0.519. The van der Waals surface area contributed by atoms with E-state index in [1.807, 2.05) is 0 Å². The third kappa shape index (κ3) is 3.77. The normalized spacial score (nSPS) is 11.3. The van der Waals surface area contributed by atoms with Crippen LogP contribution in [0.25, 0.3) is 0 Å². The van der Waals surface area contributed by atoms with Gasteiger partial charge >= 0.3 is 6.09 Å². The van der Waals surface area contributed by atoms with Crippen LogP contribution in [0.15, 0.2) is 17.2 Å². The van der Waals surface area contributed by atoms with Gasteiger partial charge in [0.15, 0.2) is 0 Å². The predicted molar refractivity (Wildman–Crippen MR) is 73.8 cm³/mol. The lowest BCUT2D eigenvalue weighted by Crippen LogP contribution is -2.20. The summed E-state index contributed by atoms with van der Waals surface area (Å²) in [5.74, 6) is 0. The zero-order valence-corrected chi connectivity index (χ0v) is 12.0. The fourth-order valence-corrected chi connectivity index (χ4v) is 1.83. The molecule has 1 N–H and O–H groups in total. The molecule has 0 fully saturated rings. The molecule has 4 nitrogen and oxygen atoms in total. The SMILES string of the molecule is CCOC(=O)NN=C(C)c1ccc(Cl)c(Cl)c1Cl. The van der Waals surface area contributed by atoms with E-state index in [4.69, 9.17) is 34.8 Å². The highest BCUT2D eigenvalue weighted by Gasteiger charge is 2.11. The van der Waals surface area contributed by atoms with Crippen molar-refractivity contribution in [1.29, 1.82) is 0 Å². The molecule has 18 heavy (non-hydrogen) atoms. The molecular weight excluding hydrogens is 298 g/mol. The van der Waals surface area contributed by atoms with Crippen LogP contribution in [0.4, 0.5) is 4.79 Å². The Morgan fingerprint density at radius 1 is 1.33 bits per heavy atom. The Labute approximate surface area is 120 Å². The number of hydrogen-bond donors (Lipinski definition) is 1. The van der Waals surface area contributed by atoms with Crippen molar-refractivity contribution in [2.24, 2.45) is 5.10 Å². The predicted octanol–water partition coefficient (Wildman–Crippen LogP) is 4.12. The second-order valence-corrected chi connectivity index (χ2v) is 4.42. The van der Waals surface area contributed by atoms with Gasteiger partial charge in [-0.15, -0.1) is 0 Å². The maximum Gasteiger partial charge on any atom is 0.427 e. The van der Waals surface area contributed by atoms with Gasteiger partial charge in [-0.2, -0.15) is 5.10 Å². The zero-order chi connectivity index (χ0) is 13.7. The zero-order valence-electron chi connectivity index (χ0n) is 9.76. The Balaban J connectivity index is 2.90. The van der Waals surface area contributed by atoms with Crippen LogP contribution in [0.3, 0.4) is 0 Å². The third-order valence-electron chi connectivity index (χ3n) is 2.02. The molecule has 0 saturated heterocycles. The first-order chi connectivity index (χ1) is 8.47. The van der Waals surface area contributed by atoms with E-state index in [9.17, 15) is 4.79 Å². The summed E-state index contributed by atoms with van der Waals surface area (Å²) in [6.07, 6.45) is -0.631. The molecule has 0 bridgehead atoms. The molecule has 1 aromatic carbocycles. The largest absolute Gasteiger partial charge is 0.449 e. The summed E-state index contributed by atoms with van der Waals surface area (Å²) < 4.78 is 4.66. The number of nitrogens with one attached hydrogen (secondary N) is 1. The number of amides is 1. The molecular formula is C11H11Cl3N2O2. The number of benzene rings is 1. The van der Waals surface area contributed by atoms with Crippen LogP contribution in [0, 0.1) is 0 Å². The molecule has 0 radical (unpaired) electrons. The minimum atomic E-state index is -0.631. The van der Waals surface area contributed by atoms with E-state index in [-0.39, 0.29) is 16.7 Å². The molecule has 1 aromatic rings. The third-order valence-corrected chi connectivity index (χ3v) is 3.31. The minimum absolute atomic E-state index is 0.251. The molecule has 0 aliphatic heterocycles. The number of ether oxygens (including phenoxy) is 1. The first-order valence-corrected chi connectivity index (χ1v) is 6.21. The first-order valence-electron chi connectivity index (χ1n) is 5.08. The van der Waals surface area contributed by atoms with Crippen molar-refractivity contribution in [3.05, 3.63) is 32.8 Å². The molecule has 0 spiro atoms. The van der Waals surface area contributed by atoms with Gasteiger partial charge in [0.1, 0.15) is 0 Å². The maximum atomic E-state index is 11.1. The molecule has 98 valence electrons. The number of carbonyl (C=O) groups is 1. The summed E-state index contributed by atoms with van der Waals surface area (Å²) in [6, 6.07) is 3.27. The van der Waals surface area contributed by atoms with E-state index >= 15 is 0 Å². The van der Waals surface area contributed by atoms with Gasteiger partial charge < -0.3 is 4.74 Å². The molecule has 7 heteroatoms. The number of carbonyl (C=O) groups excluding carboxylic acids is 1. The average molecular weight is 310 g/mol. The van der Waals surface area contributed by atoms with Crippen LogP contribution >= 0.6 is 34.8 Å². The van der Waals surface area contributed by atoms with E-state index in [2.05, 4.69) is 15.3 Å². The van der Waals surface area contributed by atoms with Gasteiger partial charge in [0, 0.05) is 5.56 Å². The lowest BCUT2D eigenvalue weighted by molar-refractivity contribution is 0.152. The van der Waals surface area contributed by atoms with Crippen LogP contribution in [0.5, 0.6) is 0 Å². The van der Waals surface area contributed by atoms with Crippen molar-refractivity contribution in [2.45, 2.75) is 13.8 Å². The van der Waals surface area contributed by atoms with Crippen molar-refractivity contribution in [2.75, 3.05) is 6.61 Å². The van der Waals surface area contributed by atoms with Crippen LogP contribution in [-0.2, 0) is 4.74 Å². The fourth-order valence-electron chi connectivity index (χ4n) is 1.16. The Morgan fingerprint density at radius 3 is 2.61 bits per heavy atom. The fraction of sp³-hybridized carbons (Fsp3) is 0.273. The lowest BCUT2D eigenvalue weighted by Gasteiger charge is -2.07. The Bertz CT molecular complexity index is 489. The summed E-state index contributed by atoms with van der Waals surface area (Å²) in [6.45, 7) is 3.65. The summed E-state index contributed by atoms with van der Waals surface area (Å²) in [5, 5.41) is 4.75. The van der Waals surface area contributed by atoms with E-state index in [0.717, 1.165) is 0 Å². The standard InChI is InChI=1S/C11H11Cl3N2O2/c1-3-18-11(17)16-15-6(2)7-4-5-8(12)10(14)9(7)13/h4-5H,3H2,1-2H3,(H,16,17). The van der Waals surface area contributed by atoms with Crippen molar-refractivity contribution < 1.29 is 9.53 Å². The van der Waals surface area contributed by atoms with E-state index in [0.29, 0.717) is 16.3 Å². The highest BCUT2D eigenvalue weighted by molar-refractivity contribution is 6.49. The molecule has 1 rings (SSSR count). The van der Waals surface area contributed by atoms with Gasteiger partial charge in [-0.05, 0) is 19.9 Å². The Morgan fingerprint density at radius 2 is 2.00 bits per heavy atom. The molecule has 0 aliphatic carbocycles. The average Bonchev–Trinajstić information content (AvgIpc) is 2.34. The Hall–Kier alpha value is -0.970. The second kappa shape index (κ2) is 6.83. The van der Waals surface area contributed by atoms with Gasteiger partial charge in [-0.3, -0.25) is 0 Å². The molecule has 1 amide bonds. The van der Waals surface area contributed by atoms with Gasteiger partial charge in [0.2, 0.25) is 0 Å². The number of rotatable bonds is 3. The number of hydrazone groups is 1. The van der Waals surface area contributed by atoms with Crippen LogP contribution < -0.4 is 5.43 Å². The van der Waals surface area contributed by atoms with Crippen molar-refractivity contribution >= 4 is 46.6 Å². The molecule has 0 atom stereocenters. The summed E-state index contributed by atoms with van der Waals surface area (Å²) in [5.41, 5.74) is 3.31. The van der Waals surface area contributed by atoms with E-state index in [1.54, 1.807) is 26.0 Å². The van der Waals surface area contributed by atoms with Crippen LogP contribution in [0.2, 0.25) is 15.1 Å². The first kappa shape index (κ1) is 15.1. The number of hydrogen-bond acceptors (Lipinski definition) is 3. The van der Waals surface area contributed by atoms with Crippen molar-refractivity contribution in [3.63, 3.8) is 0 Å². The minimum Gasteiger partial charge on any atom is -0.449 e. The topological polar surface area (TPSA) is 50.7 Å². The van der Waals surface area contributed by atoms with Crippen LogP contribution in [-0.4, -0.2) is 18.4 Å². The van der Waals surface area contributed by atoms with Crippen LogP contribution in [0.1, 0.15) is 19.4 Å². The highest BCUT2D eigenvalue weighted by Crippen LogP contribution is 2.32. The number of halogens is 3. The van der Waals surface area contributed by atoms with Gasteiger partial charge in [0.25, 0.3) is 0 Å². The Kier molecular flexibility index (Phi) is 5.72. The molecule has 0 unspecified atom stereocenters. The summed E-state index contributed by atoms with van der Waals surface area (Å²) >= 11 is 17.8. The molecule has 0 heterocycles. The van der Waals surface area contributed by atoms with Crippen molar-refractivity contribution in [3.8, 4) is 0 Å². The second-order valence-electron chi connectivity index (χ2n) is 3.25. The molecule has 0 aromatic heterocycles. The van der Waals surface area contributed by atoms with Gasteiger partial charge in [-0.1, -0.05) is 40.9 Å². The smallest absolute Gasteiger partial charge is 0.427 e. The monoisotopic (exact) mass is 308 g/mol. The van der Waals surface area contributed by atoms with E-state index in [1.165, 1.54) is 0 Å².